The van der Waals surface area contributed by atoms with Gasteiger partial charge >= 0.3 is 0 Å². The van der Waals surface area contributed by atoms with Crippen molar-refractivity contribution in [3.05, 3.63) is 30.1 Å². The molecule has 10 nitrogen and oxygen atoms in total. The number of carbonyl (C=O) groups is 1. The number of amides is 1. The van der Waals surface area contributed by atoms with E-state index in [0.29, 0.717) is 25.3 Å². The standard InChI is InChI=1S/C12H19NO3S.C9H20N2O.C5H12.C4H10O3S/c1-3-11(2)12-7-4-5-8-13(12)9-6-10-17(14,15)16;1-4-8(2)9(12)11-7-5-6-10-3;1-3-5-4-2;1-2-3-4-8(5,6)7/h4-5,7-8,11H,3,6,9-10H2,1-2H3;8,10H,4-7H2,1-3H3,(H,11,12);3-5H2,1-2H3;2-4H2,1H3,(H,5,6,7)/p+1. The quantitative estimate of drug-likeness (QED) is 0.100. The third-order valence-electron chi connectivity index (χ3n) is 6.32. The van der Waals surface area contributed by atoms with Gasteiger partial charge < -0.3 is 10.6 Å². The van der Waals surface area contributed by atoms with Gasteiger partial charge in [0.1, 0.15) is 6.54 Å². The van der Waals surface area contributed by atoms with Crippen LogP contribution in [0.15, 0.2) is 24.4 Å². The Morgan fingerprint density at radius 1 is 0.810 bits per heavy atom. The molecule has 0 spiro atoms. The van der Waals surface area contributed by atoms with E-state index in [0.717, 1.165) is 38.8 Å². The summed E-state index contributed by atoms with van der Waals surface area (Å²) in [6.45, 7) is 16.9. The van der Waals surface area contributed by atoms with E-state index >= 15 is 0 Å². The lowest BCUT2D eigenvalue weighted by atomic mass is 10.0. The molecule has 1 rings (SSSR count). The predicted molar refractivity (Wildman–Crippen MR) is 174 cm³/mol. The Morgan fingerprint density at radius 3 is 1.76 bits per heavy atom. The van der Waals surface area contributed by atoms with Gasteiger partial charge in [-0.3, -0.25) is 13.9 Å². The molecule has 1 aromatic heterocycles. The van der Waals surface area contributed by atoms with E-state index in [4.69, 9.17) is 9.11 Å². The fraction of sp³-hybridized carbons (Fsp3) is 0.800. The van der Waals surface area contributed by atoms with Crippen molar-refractivity contribution in [3.8, 4) is 0 Å². The van der Waals surface area contributed by atoms with Gasteiger partial charge in [0.15, 0.2) is 11.9 Å². The van der Waals surface area contributed by atoms with E-state index in [1.807, 2.05) is 46.1 Å². The highest BCUT2D eigenvalue weighted by Crippen LogP contribution is 2.14. The van der Waals surface area contributed by atoms with Gasteiger partial charge in [0.25, 0.3) is 20.2 Å². The second kappa shape index (κ2) is 28.2. The Labute approximate surface area is 258 Å². The Balaban J connectivity index is -0.000000531. The molecule has 0 bridgehead atoms. The normalized spacial score (nSPS) is 12.3. The molecule has 0 aromatic carbocycles. The van der Waals surface area contributed by atoms with Gasteiger partial charge in [-0.15, -0.1) is 0 Å². The van der Waals surface area contributed by atoms with Crippen molar-refractivity contribution >= 4 is 26.1 Å². The van der Waals surface area contributed by atoms with E-state index in [9.17, 15) is 21.6 Å². The molecule has 0 radical (unpaired) electrons. The molecule has 250 valence electrons. The van der Waals surface area contributed by atoms with E-state index in [1.54, 1.807) is 0 Å². The van der Waals surface area contributed by atoms with Gasteiger partial charge in [-0.05, 0) is 39.3 Å². The minimum absolute atomic E-state index is 0.108. The first-order chi connectivity index (χ1) is 19.6. The molecule has 0 aliphatic rings. The van der Waals surface area contributed by atoms with Crippen molar-refractivity contribution < 1.29 is 35.3 Å². The number of hydrogen-bond donors (Lipinski definition) is 4. The molecule has 1 aromatic rings. The average Bonchev–Trinajstić information content (AvgIpc) is 2.94. The number of rotatable bonds is 17. The number of unbranched alkanes of at least 4 members (excludes halogenated alkanes) is 3. The minimum atomic E-state index is -3.85. The van der Waals surface area contributed by atoms with Crippen molar-refractivity contribution in [1.29, 1.82) is 0 Å². The highest BCUT2D eigenvalue weighted by Gasteiger charge is 2.16. The van der Waals surface area contributed by atoms with Crippen LogP contribution in [0, 0.1) is 5.92 Å². The summed E-state index contributed by atoms with van der Waals surface area (Å²) in [4.78, 5) is 11.2. The Hall–Kier alpha value is -1.60. The second-order valence-electron chi connectivity index (χ2n) is 10.3. The van der Waals surface area contributed by atoms with Crippen LogP contribution in [0.4, 0.5) is 0 Å². The number of pyridine rings is 1. The van der Waals surface area contributed by atoms with Crippen LogP contribution in [-0.2, 0) is 31.6 Å². The monoisotopic (exact) mass is 640 g/mol. The molecular formula is C30H62N3O7S2+. The zero-order chi connectivity index (χ0) is 33.0. The molecule has 0 saturated carbocycles. The predicted octanol–water partition coefficient (Wildman–Crippen LogP) is 5.39. The van der Waals surface area contributed by atoms with Crippen LogP contribution in [0.25, 0.3) is 0 Å². The summed E-state index contributed by atoms with van der Waals surface area (Å²) in [7, 11) is -5.62. The van der Waals surface area contributed by atoms with Crippen LogP contribution in [0.3, 0.4) is 0 Å². The lowest BCUT2D eigenvalue weighted by Crippen LogP contribution is -2.39. The highest BCUT2D eigenvalue weighted by atomic mass is 32.2. The summed E-state index contributed by atoms with van der Waals surface area (Å²) >= 11 is 0. The van der Waals surface area contributed by atoms with Gasteiger partial charge in [0.05, 0.1) is 11.5 Å². The van der Waals surface area contributed by atoms with Crippen molar-refractivity contribution in [3.63, 3.8) is 0 Å². The first kappa shape index (κ1) is 44.8. The number of nitrogens with zero attached hydrogens (tertiary/aromatic N) is 1. The van der Waals surface area contributed by atoms with Gasteiger partial charge in [-0.1, -0.05) is 80.2 Å². The zero-order valence-electron chi connectivity index (χ0n) is 27.6. The maximum atomic E-state index is 11.2. The lowest BCUT2D eigenvalue weighted by molar-refractivity contribution is -0.705. The van der Waals surface area contributed by atoms with Crippen LogP contribution >= 0.6 is 0 Å². The van der Waals surface area contributed by atoms with Gasteiger partial charge in [-0.2, -0.15) is 16.8 Å². The van der Waals surface area contributed by atoms with Crippen LogP contribution in [0.2, 0.25) is 0 Å². The van der Waals surface area contributed by atoms with Crippen molar-refractivity contribution in [2.45, 2.75) is 119 Å². The third kappa shape index (κ3) is 31.3. The molecule has 2 atom stereocenters. The average molecular weight is 641 g/mol. The topological polar surface area (TPSA) is 154 Å². The highest BCUT2D eigenvalue weighted by molar-refractivity contribution is 7.86. The van der Waals surface area contributed by atoms with Crippen LogP contribution in [0.5, 0.6) is 0 Å². The maximum Gasteiger partial charge on any atom is 0.265 e. The minimum Gasteiger partial charge on any atom is -0.356 e. The molecule has 1 amide bonds. The second-order valence-corrected chi connectivity index (χ2v) is 13.5. The largest absolute Gasteiger partial charge is 0.356 e. The fourth-order valence-corrected chi connectivity index (χ4v) is 4.43. The Morgan fingerprint density at radius 2 is 1.36 bits per heavy atom. The summed E-state index contributed by atoms with van der Waals surface area (Å²) in [5.41, 5.74) is 1.20. The molecule has 0 fully saturated rings. The molecule has 4 N–H and O–H groups in total. The lowest BCUT2D eigenvalue weighted by Gasteiger charge is -2.09. The Bertz CT molecular complexity index is 986. The molecule has 0 aliphatic carbocycles. The summed E-state index contributed by atoms with van der Waals surface area (Å²) in [6.07, 6.45) is 10.7. The first-order valence-corrected chi connectivity index (χ1v) is 18.7. The van der Waals surface area contributed by atoms with E-state index in [1.165, 1.54) is 25.0 Å². The van der Waals surface area contributed by atoms with Crippen molar-refractivity contribution in [1.82, 2.24) is 10.6 Å². The summed E-state index contributed by atoms with van der Waals surface area (Å²) in [5.74, 6) is 0.480. The molecule has 0 saturated heterocycles. The Kier molecular flexibility index (Phi) is 30.1. The van der Waals surface area contributed by atoms with E-state index in [2.05, 4.69) is 49.0 Å². The summed E-state index contributed by atoms with van der Waals surface area (Å²) in [5, 5.41) is 5.92. The first-order valence-electron chi connectivity index (χ1n) is 15.4. The molecular weight excluding hydrogens is 578 g/mol. The van der Waals surface area contributed by atoms with E-state index in [-0.39, 0.29) is 23.3 Å². The zero-order valence-corrected chi connectivity index (χ0v) is 29.2. The SMILES string of the molecule is CCC(C)C(=O)NCCCNC.CCC(C)c1cccc[n+]1CCCS(=O)(=O)O.CCCCC.CCCCS(=O)(=O)O. The molecule has 0 aliphatic heterocycles. The maximum absolute atomic E-state index is 11.2. The fourth-order valence-electron chi connectivity index (χ4n) is 3.28. The van der Waals surface area contributed by atoms with Crippen molar-refractivity contribution in [2.24, 2.45) is 5.92 Å². The number of aromatic nitrogens is 1. The summed E-state index contributed by atoms with van der Waals surface area (Å²) in [6, 6.07) is 5.97. The molecule has 1 heterocycles. The van der Waals surface area contributed by atoms with Crippen LogP contribution in [-0.4, -0.2) is 63.5 Å². The number of carbonyl (C=O) groups excluding carboxylic acids is 1. The van der Waals surface area contributed by atoms with E-state index < -0.39 is 20.2 Å². The number of nitrogens with one attached hydrogen (secondary N) is 2. The van der Waals surface area contributed by atoms with Gasteiger partial charge in [0.2, 0.25) is 5.91 Å². The smallest absolute Gasteiger partial charge is 0.265 e. The van der Waals surface area contributed by atoms with Crippen molar-refractivity contribution in [2.75, 3.05) is 31.6 Å². The van der Waals surface area contributed by atoms with Gasteiger partial charge in [0, 0.05) is 36.9 Å². The molecule has 12 heteroatoms. The number of hydrogen-bond acceptors (Lipinski definition) is 6. The number of aryl methyl sites for hydroxylation is 1. The molecule has 42 heavy (non-hydrogen) atoms. The van der Waals surface area contributed by atoms with Crippen LogP contribution < -0.4 is 15.2 Å². The third-order valence-corrected chi connectivity index (χ3v) is 7.93. The van der Waals surface area contributed by atoms with Gasteiger partial charge in [-0.25, -0.2) is 4.57 Å². The van der Waals surface area contributed by atoms with Crippen LogP contribution in [0.1, 0.15) is 118 Å². The summed E-state index contributed by atoms with van der Waals surface area (Å²) < 4.78 is 60.0. The molecule has 2 unspecified atom stereocenters.